The highest BCUT2D eigenvalue weighted by molar-refractivity contribution is 5.99. The number of Topliss-reactive ketones (excluding diaryl/α,β-unsaturated/α-hetero) is 1. The summed E-state index contributed by atoms with van der Waals surface area (Å²) < 4.78 is 78.9. The van der Waals surface area contributed by atoms with Crippen LogP contribution >= 0.6 is 0 Å². The first-order valence-electron chi connectivity index (χ1n) is 33.8. The van der Waals surface area contributed by atoms with Gasteiger partial charge in [-0.3, -0.25) is 9.59 Å². The lowest BCUT2D eigenvalue weighted by Crippen LogP contribution is -2.67. The Morgan fingerprint density at radius 2 is 1.14 bits per heavy atom. The number of fused-ring (bicyclic) bond motifs is 4. The van der Waals surface area contributed by atoms with E-state index in [9.17, 15) is 86.2 Å². The molecular formula is C65H102O32. The first kappa shape index (κ1) is 75.6. The van der Waals surface area contributed by atoms with Gasteiger partial charge >= 0.3 is 5.97 Å². The predicted molar refractivity (Wildman–Crippen MR) is 321 cm³/mol. The smallest absolute Gasteiger partial charge is 0.314 e. The lowest BCUT2D eigenvalue weighted by atomic mass is 9.41. The van der Waals surface area contributed by atoms with Crippen LogP contribution in [0, 0.1) is 39.4 Å². The minimum absolute atomic E-state index is 0.0172. The lowest BCUT2D eigenvalue weighted by Gasteiger charge is -2.63. The van der Waals surface area contributed by atoms with E-state index in [-0.39, 0.29) is 35.4 Å². The van der Waals surface area contributed by atoms with E-state index in [1.807, 2.05) is 13.8 Å². The molecule has 0 aromatic carbocycles. The molecule has 7 heterocycles. The number of allylic oxidation sites excluding steroid dienone is 3. The molecule has 15 N–H and O–H groups in total. The van der Waals surface area contributed by atoms with Crippen LogP contribution in [0.3, 0.4) is 0 Å². The fraction of sp³-hybridized carbons (Fsp3) is 0.908. The SMILES string of the molecule is C=C(C)CCC[C@]1(C)OC(=O)[C@]23CC[C@H]4C(=CC[C@H]5C(C)(C)[C@@H](O[C@@H]6OC[C@@H](O[C@@H]7O[C@H](CO)[C@@H](O)[C@H](O[C@@H]8O[C@H](CO)[C@@H](O)[C@H](O)[C@H]8O)[C@H]7O)[C@H](O)[C@H]6O[C@@H]6O[C@H](C)[C@@H](O[C@@H]7OC[C@@H](O)[C@H](O[C@@H]8O[C@H](CO)[C@@H](O)[C@H](OOC)[C@H]8O)[C@H]7O)[C@H](O)[C@H]6O)CC[C@]45C)[C@]2(C)CC(=O)[C@@H]31. The van der Waals surface area contributed by atoms with Crippen LogP contribution in [-0.2, 0) is 80.9 Å². The van der Waals surface area contributed by atoms with Crippen molar-refractivity contribution in [1.29, 1.82) is 0 Å². The molecule has 10 fully saturated rings. The normalized spacial score (nSPS) is 52.1. The van der Waals surface area contributed by atoms with Gasteiger partial charge < -0.3 is 138 Å². The van der Waals surface area contributed by atoms with Gasteiger partial charge in [0.1, 0.15) is 133 Å². The van der Waals surface area contributed by atoms with Crippen LogP contribution in [0.4, 0.5) is 0 Å². The molecule has 32 heteroatoms. The maximum Gasteiger partial charge on any atom is 0.314 e. The number of aliphatic hydroxyl groups excluding tert-OH is 15. The summed E-state index contributed by atoms with van der Waals surface area (Å²) in [6.45, 7) is 14.3. The molecule has 7 saturated heterocycles. The number of cyclic esters (lactones) is 1. The number of carbonyl (C=O) groups is 2. The summed E-state index contributed by atoms with van der Waals surface area (Å²) >= 11 is 0. The zero-order valence-corrected chi connectivity index (χ0v) is 55.8. The molecule has 0 aromatic rings. The molecule has 7 aliphatic heterocycles. The van der Waals surface area contributed by atoms with E-state index in [0.29, 0.717) is 38.5 Å². The summed E-state index contributed by atoms with van der Waals surface area (Å²) in [4.78, 5) is 38.7. The number of ether oxygens (including phenoxy) is 13. The summed E-state index contributed by atoms with van der Waals surface area (Å²) in [6, 6.07) is 0. The molecule has 32 nitrogen and oxygen atoms in total. The second-order valence-electron chi connectivity index (χ2n) is 30.0. The molecule has 4 aliphatic carbocycles. The van der Waals surface area contributed by atoms with Crippen LogP contribution < -0.4 is 0 Å². The van der Waals surface area contributed by atoms with Gasteiger partial charge in [-0.05, 0) is 94.8 Å². The van der Waals surface area contributed by atoms with Crippen LogP contribution in [0.2, 0.25) is 0 Å². The third-order valence-corrected chi connectivity index (χ3v) is 23.7. The molecule has 1 spiro atoms. The summed E-state index contributed by atoms with van der Waals surface area (Å²) in [5.74, 6) is -0.945. The highest BCUT2D eigenvalue weighted by atomic mass is 17.2. The molecule has 0 amide bonds. The number of ketones is 1. The Balaban J connectivity index is 0.827. The summed E-state index contributed by atoms with van der Waals surface area (Å²) in [5.41, 5.74) is -1.69. The minimum atomic E-state index is -2.05. The van der Waals surface area contributed by atoms with Gasteiger partial charge in [0, 0.05) is 11.8 Å². The van der Waals surface area contributed by atoms with Gasteiger partial charge in [-0.25, -0.2) is 9.78 Å². The van der Waals surface area contributed by atoms with E-state index in [2.05, 4.69) is 45.2 Å². The molecular weight excluding hydrogens is 1290 g/mol. The van der Waals surface area contributed by atoms with E-state index < -0.39 is 239 Å². The Labute approximate surface area is 561 Å². The third-order valence-electron chi connectivity index (χ3n) is 23.7. The van der Waals surface area contributed by atoms with E-state index >= 15 is 0 Å². The summed E-state index contributed by atoms with van der Waals surface area (Å²) in [7, 11) is 1.11. The van der Waals surface area contributed by atoms with Gasteiger partial charge in [0.2, 0.25) is 0 Å². The molecule has 36 atom stereocenters. The van der Waals surface area contributed by atoms with Crippen LogP contribution in [0.5, 0.6) is 0 Å². The molecule has 0 unspecified atom stereocenters. The fourth-order valence-electron chi connectivity index (χ4n) is 18.4. The first-order valence-corrected chi connectivity index (χ1v) is 33.8. The van der Waals surface area contributed by atoms with Crippen molar-refractivity contribution < 1.29 is 158 Å². The number of rotatable bonds is 21. The van der Waals surface area contributed by atoms with Gasteiger partial charge in [0.05, 0.1) is 63.7 Å². The molecule has 554 valence electrons. The zero-order valence-electron chi connectivity index (χ0n) is 55.8. The van der Waals surface area contributed by atoms with Gasteiger partial charge in [-0.1, -0.05) is 44.9 Å². The molecule has 11 rings (SSSR count). The average Bonchev–Trinajstić information content (AvgIpc) is 1.50. The van der Waals surface area contributed by atoms with Crippen molar-refractivity contribution in [2.75, 3.05) is 40.1 Å². The van der Waals surface area contributed by atoms with Crippen molar-refractivity contribution in [2.24, 2.45) is 39.4 Å². The molecule has 0 bridgehead atoms. The Kier molecular flexibility index (Phi) is 22.7. The van der Waals surface area contributed by atoms with E-state index in [0.717, 1.165) is 31.1 Å². The maximum atomic E-state index is 14.5. The van der Waals surface area contributed by atoms with Crippen LogP contribution in [0.1, 0.15) is 106 Å². The highest BCUT2D eigenvalue weighted by Gasteiger charge is 2.79. The number of esters is 1. The standard InChI is InChI=1S/C65H102O32/c1-25(2)11-10-16-64(8)53-29(69)19-63(7)28-12-13-35-61(4,5)36(15-17-62(35,6)27(28)14-18-65(53,63)60(82)96-64)91-59-52(40(74)34(24-85-59)90-57-46(80)50(38(72)32(21-67)88-57)94-56-43(77)41(75)37(71)31(20-66)87-56)95-55-44(78)42(76)48(26(3)86-55)92-54-45(79)49(30(70)23-84-54)93-58-47(81)51(97-83-9)39(73)33(22-68)89-58/h12,26-27,30-59,66-68,70-81H,1,10-11,13-24H2,2-9H3/t26-,27+,30-,31-,32-,33-,34-,35+,36+,37-,38-,39-,40+,41+,42-,43-,44-,45-,46-,47-,48-,49+,50+,51+,52-,53-,54+,55+,56+,57+,58+,59+,62-,63+,64+,65-/m1/s1. The largest absolute Gasteiger partial charge is 0.458 e. The van der Waals surface area contributed by atoms with Crippen molar-refractivity contribution >= 4 is 11.8 Å². The number of carbonyl (C=O) groups excluding carboxylic acids is 2. The summed E-state index contributed by atoms with van der Waals surface area (Å²) in [6.07, 6.45) is -42.0. The number of hydrogen-bond acceptors (Lipinski definition) is 32. The Morgan fingerprint density at radius 1 is 0.588 bits per heavy atom. The molecule has 0 radical (unpaired) electrons. The van der Waals surface area contributed by atoms with Gasteiger partial charge in [0.15, 0.2) is 43.8 Å². The van der Waals surface area contributed by atoms with Crippen LogP contribution in [0.25, 0.3) is 0 Å². The Bertz CT molecular complexity index is 2780. The lowest BCUT2D eigenvalue weighted by molar-refractivity contribution is -0.404. The molecule has 11 aliphatic rings. The van der Waals surface area contributed by atoms with E-state index in [1.165, 1.54) is 6.92 Å². The second-order valence-corrected chi connectivity index (χ2v) is 30.0. The topological polar surface area (TPSA) is 476 Å². The molecule has 3 saturated carbocycles. The first-order chi connectivity index (χ1) is 45.8. The Hall–Kier alpha value is -2.54. The highest BCUT2D eigenvalue weighted by Crippen LogP contribution is 2.75. The van der Waals surface area contributed by atoms with Crippen molar-refractivity contribution in [3.63, 3.8) is 0 Å². The van der Waals surface area contributed by atoms with Gasteiger partial charge in [-0.15, -0.1) is 6.58 Å². The number of hydrogen-bond donors (Lipinski definition) is 15. The molecule has 0 aromatic heterocycles. The maximum absolute atomic E-state index is 14.5. The quantitative estimate of drug-likeness (QED) is 0.0225. The summed E-state index contributed by atoms with van der Waals surface area (Å²) in [5, 5.41) is 166. The van der Waals surface area contributed by atoms with Crippen molar-refractivity contribution in [1.82, 2.24) is 0 Å². The predicted octanol–water partition coefficient (Wildman–Crippen LogP) is -3.99. The minimum Gasteiger partial charge on any atom is -0.458 e. The van der Waals surface area contributed by atoms with Gasteiger partial charge in [-0.2, -0.15) is 0 Å². The third kappa shape index (κ3) is 13.2. The average molecular weight is 1400 g/mol. The van der Waals surface area contributed by atoms with Gasteiger partial charge in [0.25, 0.3) is 0 Å². The second kappa shape index (κ2) is 29.2. The van der Waals surface area contributed by atoms with Crippen LogP contribution in [-0.4, -0.2) is 312 Å². The molecule has 97 heavy (non-hydrogen) atoms. The fourth-order valence-corrected chi connectivity index (χ4v) is 18.4. The number of aliphatic hydroxyl groups is 15. The van der Waals surface area contributed by atoms with Crippen molar-refractivity contribution in [3.8, 4) is 0 Å². The van der Waals surface area contributed by atoms with Crippen molar-refractivity contribution in [3.05, 3.63) is 23.8 Å². The van der Waals surface area contributed by atoms with Crippen LogP contribution in [0.15, 0.2) is 23.8 Å². The van der Waals surface area contributed by atoms with Crippen molar-refractivity contribution in [2.45, 2.75) is 290 Å². The zero-order chi connectivity index (χ0) is 70.5. The van der Waals surface area contributed by atoms with E-state index in [4.69, 9.17) is 66.5 Å². The Morgan fingerprint density at radius 3 is 1.79 bits per heavy atom. The monoisotopic (exact) mass is 1390 g/mol. The van der Waals surface area contributed by atoms with E-state index in [1.54, 1.807) is 0 Å².